The number of guanidine groups is 1. The summed E-state index contributed by atoms with van der Waals surface area (Å²) in [6.45, 7) is 10.0. The standard InChI is InChI=1S/C14H26N6O/c1-6-15-13(21)9-18-14(16-7-2)17-8-12-10(3)19-20(5)11(12)4/h6-9H2,1-5H3,(H,15,21)(H2,16,17,18). The number of hydrogen-bond acceptors (Lipinski definition) is 3. The van der Waals surface area contributed by atoms with Crippen molar-refractivity contribution in [1.82, 2.24) is 25.7 Å². The zero-order valence-electron chi connectivity index (χ0n) is 13.6. The van der Waals surface area contributed by atoms with E-state index in [4.69, 9.17) is 0 Å². The molecule has 3 N–H and O–H groups in total. The third-order valence-electron chi connectivity index (χ3n) is 3.19. The van der Waals surface area contributed by atoms with Crippen LogP contribution in [-0.4, -0.2) is 41.3 Å². The smallest absolute Gasteiger partial charge is 0.239 e. The fourth-order valence-corrected chi connectivity index (χ4v) is 1.97. The molecule has 118 valence electrons. The van der Waals surface area contributed by atoms with Crippen molar-refractivity contribution in [2.24, 2.45) is 12.0 Å². The number of aliphatic imine (C=N–C) groups is 1. The first kappa shape index (κ1) is 17.0. The predicted octanol–water partition coefficient (Wildman–Crippen LogP) is 0.228. The number of nitrogens with zero attached hydrogens (tertiary/aromatic N) is 3. The van der Waals surface area contributed by atoms with Gasteiger partial charge in [0.05, 0.1) is 18.8 Å². The Labute approximate surface area is 126 Å². The Morgan fingerprint density at radius 3 is 2.38 bits per heavy atom. The minimum absolute atomic E-state index is 0.0446. The highest BCUT2D eigenvalue weighted by Gasteiger charge is 2.09. The highest BCUT2D eigenvalue weighted by molar-refractivity contribution is 5.86. The number of amides is 1. The molecule has 0 radical (unpaired) electrons. The molecule has 0 aliphatic carbocycles. The van der Waals surface area contributed by atoms with Crippen LogP contribution in [0.3, 0.4) is 0 Å². The van der Waals surface area contributed by atoms with Crippen LogP contribution in [0.2, 0.25) is 0 Å². The monoisotopic (exact) mass is 294 g/mol. The van der Waals surface area contributed by atoms with E-state index in [2.05, 4.69) is 26.0 Å². The van der Waals surface area contributed by atoms with Gasteiger partial charge in [0.15, 0.2) is 5.96 Å². The zero-order chi connectivity index (χ0) is 15.8. The zero-order valence-corrected chi connectivity index (χ0v) is 13.6. The van der Waals surface area contributed by atoms with E-state index >= 15 is 0 Å². The first-order valence-corrected chi connectivity index (χ1v) is 7.27. The normalized spacial score (nSPS) is 11.4. The number of aryl methyl sites for hydroxylation is 2. The number of rotatable bonds is 6. The van der Waals surface area contributed by atoms with Gasteiger partial charge in [0.2, 0.25) is 5.91 Å². The van der Waals surface area contributed by atoms with Gasteiger partial charge in [-0.15, -0.1) is 0 Å². The van der Waals surface area contributed by atoms with E-state index in [1.807, 2.05) is 39.4 Å². The largest absolute Gasteiger partial charge is 0.357 e. The third kappa shape index (κ3) is 5.09. The SMILES string of the molecule is CCNC(=O)CNC(=NCc1c(C)nn(C)c1C)NCC. The summed E-state index contributed by atoms with van der Waals surface area (Å²) in [6, 6.07) is 0. The molecule has 1 aromatic rings. The van der Waals surface area contributed by atoms with Gasteiger partial charge >= 0.3 is 0 Å². The second kappa shape index (κ2) is 8.28. The Morgan fingerprint density at radius 2 is 1.86 bits per heavy atom. The van der Waals surface area contributed by atoms with Crippen LogP contribution in [0.15, 0.2) is 4.99 Å². The molecule has 21 heavy (non-hydrogen) atoms. The molecule has 0 saturated heterocycles. The number of likely N-dealkylation sites (N-methyl/N-ethyl adjacent to an activating group) is 1. The van der Waals surface area contributed by atoms with Crippen LogP contribution in [-0.2, 0) is 18.4 Å². The van der Waals surface area contributed by atoms with Crippen molar-refractivity contribution >= 4 is 11.9 Å². The summed E-state index contributed by atoms with van der Waals surface area (Å²) in [5, 5.41) is 13.3. The molecular weight excluding hydrogens is 268 g/mol. The minimum Gasteiger partial charge on any atom is -0.357 e. The van der Waals surface area contributed by atoms with E-state index < -0.39 is 0 Å². The summed E-state index contributed by atoms with van der Waals surface area (Å²) in [7, 11) is 1.92. The second-order valence-corrected chi connectivity index (χ2v) is 4.78. The van der Waals surface area contributed by atoms with E-state index in [9.17, 15) is 4.79 Å². The number of carbonyl (C=O) groups excluding carboxylic acids is 1. The lowest BCUT2D eigenvalue weighted by atomic mass is 10.2. The number of aromatic nitrogens is 2. The van der Waals surface area contributed by atoms with Gasteiger partial charge in [-0.3, -0.25) is 9.48 Å². The summed E-state index contributed by atoms with van der Waals surface area (Å²) < 4.78 is 1.86. The van der Waals surface area contributed by atoms with E-state index in [-0.39, 0.29) is 12.5 Å². The number of nitrogens with one attached hydrogen (secondary N) is 3. The summed E-state index contributed by atoms with van der Waals surface area (Å²) in [5.41, 5.74) is 3.21. The maximum atomic E-state index is 11.5. The lowest BCUT2D eigenvalue weighted by molar-refractivity contribution is -0.119. The van der Waals surface area contributed by atoms with Crippen molar-refractivity contribution in [3.05, 3.63) is 17.0 Å². The Bertz CT molecular complexity index is 506. The molecule has 7 heteroatoms. The van der Waals surface area contributed by atoms with Gasteiger partial charge in [0, 0.05) is 31.4 Å². The van der Waals surface area contributed by atoms with Gasteiger partial charge in [-0.2, -0.15) is 5.10 Å². The van der Waals surface area contributed by atoms with Crippen molar-refractivity contribution in [1.29, 1.82) is 0 Å². The molecule has 1 rings (SSSR count). The maximum Gasteiger partial charge on any atom is 0.239 e. The van der Waals surface area contributed by atoms with Crippen LogP contribution in [0, 0.1) is 13.8 Å². The molecule has 0 unspecified atom stereocenters. The molecular formula is C14H26N6O. The van der Waals surface area contributed by atoms with Gasteiger partial charge < -0.3 is 16.0 Å². The fourth-order valence-electron chi connectivity index (χ4n) is 1.97. The van der Waals surface area contributed by atoms with Crippen LogP contribution >= 0.6 is 0 Å². The molecule has 1 amide bonds. The van der Waals surface area contributed by atoms with Crippen LogP contribution in [0.25, 0.3) is 0 Å². The highest BCUT2D eigenvalue weighted by atomic mass is 16.1. The first-order valence-electron chi connectivity index (χ1n) is 7.27. The molecule has 0 saturated carbocycles. The molecule has 0 aliphatic heterocycles. The van der Waals surface area contributed by atoms with Gasteiger partial charge in [0.1, 0.15) is 0 Å². The molecule has 0 spiro atoms. The summed E-state index contributed by atoms with van der Waals surface area (Å²) in [6.07, 6.45) is 0. The average Bonchev–Trinajstić information content (AvgIpc) is 2.67. The quantitative estimate of drug-likeness (QED) is 0.518. The van der Waals surface area contributed by atoms with E-state index in [0.717, 1.165) is 23.5 Å². The van der Waals surface area contributed by atoms with E-state index in [1.54, 1.807) is 0 Å². The van der Waals surface area contributed by atoms with E-state index in [1.165, 1.54) is 0 Å². The molecule has 1 aromatic heterocycles. The Morgan fingerprint density at radius 1 is 1.19 bits per heavy atom. The lowest BCUT2D eigenvalue weighted by Gasteiger charge is -2.11. The van der Waals surface area contributed by atoms with Crippen molar-refractivity contribution in [3.8, 4) is 0 Å². The van der Waals surface area contributed by atoms with Gasteiger partial charge in [-0.05, 0) is 27.7 Å². The topological polar surface area (TPSA) is 83.3 Å². The predicted molar refractivity (Wildman–Crippen MR) is 84.2 cm³/mol. The average molecular weight is 294 g/mol. The molecule has 1 heterocycles. The number of carbonyl (C=O) groups is 1. The first-order chi connectivity index (χ1) is 9.99. The lowest BCUT2D eigenvalue weighted by Crippen LogP contribution is -2.43. The third-order valence-corrected chi connectivity index (χ3v) is 3.19. The molecule has 0 atom stereocenters. The van der Waals surface area contributed by atoms with Gasteiger partial charge in [-0.25, -0.2) is 4.99 Å². The van der Waals surface area contributed by atoms with Gasteiger partial charge in [0.25, 0.3) is 0 Å². The summed E-state index contributed by atoms with van der Waals surface area (Å²) in [5.74, 6) is 0.586. The molecule has 0 aliphatic rings. The molecule has 7 nitrogen and oxygen atoms in total. The second-order valence-electron chi connectivity index (χ2n) is 4.78. The van der Waals surface area contributed by atoms with Crippen LogP contribution in [0.4, 0.5) is 0 Å². The highest BCUT2D eigenvalue weighted by Crippen LogP contribution is 2.12. The molecule has 0 aromatic carbocycles. The fraction of sp³-hybridized carbons (Fsp3) is 0.643. The molecule has 0 bridgehead atoms. The van der Waals surface area contributed by atoms with Crippen LogP contribution < -0.4 is 16.0 Å². The van der Waals surface area contributed by atoms with Crippen molar-refractivity contribution in [3.63, 3.8) is 0 Å². The van der Waals surface area contributed by atoms with Gasteiger partial charge in [-0.1, -0.05) is 0 Å². The summed E-state index contributed by atoms with van der Waals surface area (Å²) in [4.78, 5) is 16.0. The van der Waals surface area contributed by atoms with Crippen LogP contribution in [0.5, 0.6) is 0 Å². The van der Waals surface area contributed by atoms with Crippen molar-refractivity contribution in [2.45, 2.75) is 34.2 Å². The Balaban J connectivity index is 2.69. The maximum absolute atomic E-state index is 11.5. The van der Waals surface area contributed by atoms with E-state index in [0.29, 0.717) is 19.0 Å². The summed E-state index contributed by atoms with van der Waals surface area (Å²) >= 11 is 0. The molecule has 0 fully saturated rings. The van der Waals surface area contributed by atoms with Crippen molar-refractivity contribution in [2.75, 3.05) is 19.6 Å². The minimum atomic E-state index is -0.0446. The number of hydrogen-bond donors (Lipinski definition) is 3. The Kier molecular flexibility index (Phi) is 6.71. The van der Waals surface area contributed by atoms with Crippen molar-refractivity contribution < 1.29 is 4.79 Å². The van der Waals surface area contributed by atoms with Crippen LogP contribution in [0.1, 0.15) is 30.8 Å². The Hall–Kier alpha value is -2.05.